The number of rotatable bonds is 0. The zero-order valence-corrected chi connectivity index (χ0v) is 4.04. The lowest BCUT2D eigenvalue weighted by molar-refractivity contribution is -0.000000833. The molecule has 3 heteroatoms. The van der Waals surface area contributed by atoms with Crippen molar-refractivity contribution < 1.29 is 17.0 Å². The third-order valence-corrected chi connectivity index (χ3v) is 0. The van der Waals surface area contributed by atoms with Crippen LogP contribution in [-0.4, -0.2) is 7.05 Å². The van der Waals surface area contributed by atoms with E-state index in [4.69, 9.17) is 0 Å². The fraction of sp³-hybridized carbons (Fsp3) is 1.00. The number of halogens is 1. The van der Waals surface area contributed by atoms with E-state index in [0.717, 1.165) is 0 Å². The molecule has 3 N–H and O–H groups in total. The van der Waals surface area contributed by atoms with Gasteiger partial charge in [-0.1, -0.05) is 0 Å². The fourth-order valence-electron chi connectivity index (χ4n) is 0. The Hall–Kier alpha value is 0.400. The Bertz CT molecular complexity index is 6.00. The van der Waals surface area contributed by atoms with E-state index in [1.54, 1.807) is 7.05 Å². The summed E-state index contributed by atoms with van der Waals surface area (Å²) < 4.78 is 0. The second kappa shape index (κ2) is 9.99. The largest absolute Gasteiger partial charge is 1.00 e. The summed E-state index contributed by atoms with van der Waals surface area (Å²) in [7, 11) is 1.65. The van der Waals surface area contributed by atoms with Crippen LogP contribution < -0.4 is 28.2 Å². The Morgan fingerprint density at radius 1 is 1.75 bits per heavy atom. The van der Waals surface area contributed by atoms with Gasteiger partial charge in [0, 0.05) is 0 Å². The van der Waals surface area contributed by atoms with Crippen LogP contribution in [0.25, 0.3) is 0 Å². The van der Waals surface area contributed by atoms with Gasteiger partial charge in [0.2, 0.25) is 0 Å². The topological polar surface area (TPSA) is 38.0 Å². The van der Waals surface area contributed by atoms with Gasteiger partial charge in [-0.2, -0.15) is 0 Å². The van der Waals surface area contributed by atoms with E-state index in [0.29, 0.717) is 0 Å². The number of hydrogen-bond acceptors (Lipinski definition) is 2. The van der Waals surface area contributed by atoms with Gasteiger partial charge in [0.15, 0.2) is 0 Å². The molecule has 0 spiro atoms. The van der Waals surface area contributed by atoms with Crippen LogP contribution in [-0.2, 0) is 0 Å². The molecule has 0 amide bonds. The van der Waals surface area contributed by atoms with E-state index in [1.807, 2.05) is 0 Å². The van der Waals surface area contributed by atoms with Crippen molar-refractivity contribution in [2.24, 2.45) is 5.84 Å². The summed E-state index contributed by atoms with van der Waals surface area (Å²) in [5.74, 6) is 4.60. The average Bonchev–Trinajstić information content (AvgIpc) is 0.918. The molecule has 0 aromatic heterocycles. The van der Waals surface area contributed by atoms with Crippen molar-refractivity contribution >= 4 is 0 Å². The predicted octanol–water partition coefficient (Wildman–Crippen LogP) is -3.92. The Balaban J connectivity index is 0. The number of hydrogen-bond donors (Lipinski definition) is 2. The quantitative estimate of drug-likeness (QED) is 0.257. The Morgan fingerprint density at radius 3 is 1.75 bits per heavy atom. The minimum Gasteiger partial charge on any atom is -1.00 e. The smallest absolute Gasteiger partial charge is 0.00172 e. The van der Waals surface area contributed by atoms with Gasteiger partial charge in [-0.3, -0.25) is 11.3 Å². The summed E-state index contributed by atoms with van der Waals surface area (Å²) in [5.41, 5.74) is 2.25. The summed E-state index contributed by atoms with van der Waals surface area (Å²) in [6, 6.07) is 0. The highest BCUT2D eigenvalue weighted by Gasteiger charge is 1.22. The van der Waals surface area contributed by atoms with Crippen molar-refractivity contribution in [3.63, 3.8) is 0 Å². The third kappa shape index (κ3) is 29.4. The standard InChI is InChI=1S/CH6N2.BrH/c1-3-2;/h3H,2H2,1H3;1H/p-1. The Morgan fingerprint density at radius 2 is 1.75 bits per heavy atom. The zero-order chi connectivity index (χ0) is 2.71. The molecule has 0 atom stereocenters. The molecule has 0 bridgehead atoms. The zero-order valence-electron chi connectivity index (χ0n) is 2.46. The normalized spacial score (nSPS) is 4.50. The SMILES string of the molecule is CNN.[Br-]. The van der Waals surface area contributed by atoms with Crippen LogP contribution in [0.4, 0.5) is 0 Å². The van der Waals surface area contributed by atoms with Crippen LogP contribution in [0, 0.1) is 0 Å². The Labute approximate surface area is 36.1 Å². The van der Waals surface area contributed by atoms with Gasteiger partial charge < -0.3 is 17.0 Å². The van der Waals surface area contributed by atoms with Gasteiger partial charge in [-0.05, 0) is 7.05 Å². The van der Waals surface area contributed by atoms with E-state index in [9.17, 15) is 0 Å². The summed E-state index contributed by atoms with van der Waals surface area (Å²) in [6.45, 7) is 0. The first kappa shape index (κ1) is 8.83. The lowest BCUT2D eigenvalue weighted by Crippen LogP contribution is -3.00. The maximum Gasteiger partial charge on any atom is -0.00172 e. The van der Waals surface area contributed by atoms with Gasteiger partial charge in [0.1, 0.15) is 0 Å². The van der Waals surface area contributed by atoms with Crippen molar-refractivity contribution in [3.05, 3.63) is 0 Å². The van der Waals surface area contributed by atoms with Gasteiger partial charge in [-0.15, -0.1) is 0 Å². The first-order valence-electron chi connectivity index (χ1n) is 0.789. The molecule has 0 rings (SSSR count). The Kier molecular flexibility index (Phi) is 22.1. The maximum absolute atomic E-state index is 4.60. The summed E-state index contributed by atoms with van der Waals surface area (Å²) in [4.78, 5) is 0. The highest BCUT2D eigenvalue weighted by Crippen LogP contribution is 0.817. The fourth-order valence-corrected chi connectivity index (χ4v) is 0. The molecule has 0 unspecified atom stereocenters. The molecular weight excluding hydrogens is 120 g/mol. The molecule has 0 saturated heterocycles. The summed E-state index contributed by atoms with van der Waals surface area (Å²) >= 11 is 0. The van der Waals surface area contributed by atoms with Crippen LogP contribution in [0.5, 0.6) is 0 Å². The van der Waals surface area contributed by atoms with E-state index in [2.05, 4.69) is 11.3 Å². The number of hydrazine groups is 1. The van der Waals surface area contributed by atoms with Crippen LogP contribution in [0.1, 0.15) is 0 Å². The maximum atomic E-state index is 4.60. The second-order valence-corrected chi connectivity index (χ2v) is 0.289. The molecule has 0 saturated carbocycles. The molecule has 0 aliphatic heterocycles. The van der Waals surface area contributed by atoms with Gasteiger partial charge in [-0.25, -0.2) is 0 Å². The molecule has 0 aromatic carbocycles. The highest BCUT2D eigenvalue weighted by atomic mass is 79.9. The average molecular weight is 126 g/mol. The molecule has 0 aliphatic rings. The number of nitrogens with one attached hydrogen (secondary N) is 1. The van der Waals surface area contributed by atoms with Crippen molar-refractivity contribution in [1.82, 2.24) is 5.43 Å². The minimum absolute atomic E-state index is 0. The molecule has 28 valence electrons. The van der Waals surface area contributed by atoms with Crippen LogP contribution in [0.15, 0.2) is 0 Å². The van der Waals surface area contributed by atoms with E-state index in [-0.39, 0.29) is 17.0 Å². The van der Waals surface area contributed by atoms with E-state index in [1.165, 1.54) is 0 Å². The van der Waals surface area contributed by atoms with Gasteiger partial charge in [0.25, 0.3) is 0 Å². The molecule has 0 radical (unpaired) electrons. The molecule has 2 nitrogen and oxygen atoms in total. The van der Waals surface area contributed by atoms with E-state index < -0.39 is 0 Å². The molecule has 0 aliphatic carbocycles. The first-order chi connectivity index (χ1) is 1.41. The van der Waals surface area contributed by atoms with Crippen molar-refractivity contribution in [3.8, 4) is 0 Å². The van der Waals surface area contributed by atoms with Crippen LogP contribution in [0.3, 0.4) is 0 Å². The molecule has 0 heterocycles. The first-order valence-corrected chi connectivity index (χ1v) is 0.789. The lowest BCUT2D eigenvalue weighted by Gasteiger charge is -1.62. The van der Waals surface area contributed by atoms with Crippen molar-refractivity contribution in [1.29, 1.82) is 0 Å². The highest BCUT2D eigenvalue weighted by molar-refractivity contribution is 3.79. The van der Waals surface area contributed by atoms with Gasteiger partial charge >= 0.3 is 0 Å². The molecular formula is CH6BrN2-. The monoisotopic (exact) mass is 125 g/mol. The van der Waals surface area contributed by atoms with Crippen molar-refractivity contribution in [2.75, 3.05) is 7.05 Å². The number of nitrogens with two attached hydrogens (primary N) is 1. The predicted molar refractivity (Wildman–Crippen MR) is 13.2 cm³/mol. The van der Waals surface area contributed by atoms with E-state index >= 15 is 0 Å². The minimum atomic E-state index is 0. The molecule has 0 aromatic rings. The second-order valence-electron chi connectivity index (χ2n) is 0.289. The molecule has 4 heavy (non-hydrogen) atoms. The van der Waals surface area contributed by atoms with Crippen LogP contribution >= 0.6 is 0 Å². The molecule has 0 fully saturated rings. The summed E-state index contributed by atoms with van der Waals surface area (Å²) in [5, 5.41) is 0. The summed E-state index contributed by atoms with van der Waals surface area (Å²) in [6.07, 6.45) is 0. The van der Waals surface area contributed by atoms with Crippen LogP contribution in [0.2, 0.25) is 0 Å². The lowest BCUT2D eigenvalue weighted by atomic mass is 11.5. The third-order valence-electron chi connectivity index (χ3n) is 0. The van der Waals surface area contributed by atoms with Gasteiger partial charge in [0.05, 0.1) is 0 Å². The van der Waals surface area contributed by atoms with Crippen molar-refractivity contribution in [2.45, 2.75) is 0 Å².